The molecule has 0 radical (unpaired) electrons. The molecule has 0 spiro atoms. The number of aliphatic hydroxyl groups excluding tert-OH is 1. The Hall–Kier alpha value is -2.08. The minimum Gasteiger partial charge on any atom is -0.387 e. The van der Waals surface area contributed by atoms with Crippen LogP contribution >= 0.6 is 7.60 Å². The predicted molar refractivity (Wildman–Crippen MR) is 84.5 cm³/mol. The highest BCUT2D eigenvalue weighted by atomic mass is 31.2. The summed E-state index contributed by atoms with van der Waals surface area (Å²) < 4.78 is 23.2. The van der Waals surface area contributed by atoms with Crippen molar-refractivity contribution in [3.05, 3.63) is 28.6 Å². The Morgan fingerprint density at radius 1 is 1.52 bits per heavy atom. The van der Waals surface area contributed by atoms with Crippen LogP contribution in [0.1, 0.15) is 6.23 Å². The summed E-state index contributed by atoms with van der Waals surface area (Å²) in [6, 6.07) is 0. The van der Waals surface area contributed by atoms with Gasteiger partial charge in [-0.1, -0.05) is 0 Å². The number of nitrogens with one attached hydrogen (secondary N) is 1. The van der Waals surface area contributed by atoms with Crippen molar-refractivity contribution in [3.63, 3.8) is 0 Å². The lowest BCUT2D eigenvalue weighted by Crippen LogP contribution is -2.32. The molecule has 3 rings (SSSR count). The van der Waals surface area contributed by atoms with Crippen LogP contribution in [0.25, 0.3) is 11.2 Å². The van der Waals surface area contributed by atoms with Crippen molar-refractivity contribution in [1.82, 2.24) is 19.5 Å². The highest BCUT2D eigenvalue weighted by molar-refractivity contribution is 7.55. The molecule has 1 fully saturated rings. The zero-order valence-corrected chi connectivity index (χ0v) is 13.8. The average Bonchev–Trinajstić information content (AvgIpc) is 3.05. The first-order valence-electron chi connectivity index (χ1n) is 7.04. The SMILES string of the molecule is CO[C@@H]1[C@H](O)[C@@H](/C=C/P(=O)(O)O)O[C@H]1n1cnc2c(=O)[nH]c(N)nc21. The summed E-state index contributed by atoms with van der Waals surface area (Å²) in [5.41, 5.74) is 5.16. The number of hydrogen-bond acceptors (Lipinski definition) is 8. The molecule has 0 aliphatic carbocycles. The van der Waals surface area contributed by atoms with Gasteiger partial charge in [0, 0.05) is 12.9 Å². The van der Waals surface area contributed by atoms with Crippen LogP contribution in [0.4, 0.5) is 5.95 Å². The molecule has 12 nitrogen and oxygen atoms in total. The molecule has 2 aromatic rings. The number of aromatic nitrogens is 4. The van der Waals surface area contributed by atoms with Crippen molar-refractivity contribution >= 4 is 24.7 Å². The number of nitrogens with zero attached hydrogens (tertiary/aromatic N) is 3. The second-order valence-corrected chi connectivity index (χ2v) is 6.86. The van der Waals surface area contributed by atoms with Gasteiger partial charge >= 0.3 is 7.60 Å². The summed E-state index contributed by atoms with van der Waals surface area (Å²) in [6.45, 7) is 0. The Morgan fingerprint density at radius 2 is 2.24 bits per heavy atom. The highest BCUT2D eigenvalue weighted by Crippen LogP contribution is 2.39. The summed E-state index contributed by atoms with van der Waals surface area (Å²) in [6.07, 6.45) is -1.75. The maximum atomic E-state index is 11.8. The number of imidazole rings is 1. The number of nitrogen functional groups attached to an aromatic ring is 1. The molecule has 1 aliphatic heterocycles. The van der Waals surface area contributed by atoms with Gasteiger partial charge in [0.25, 0.3) is 5.56 Å². The normalized spacial score (nSPS) is 27.5. The summed E-state index contributed by atoms with van der Waals surface area (Å²) >= 11 is 0. The van der Waals surface area contributed by atoms with E-state index in [1.807, 2.05) is 0 Å². The molecule has 4 atom stereocenters. The van der Waals surface area contributed by atoms with Gasteiger partial charge in [-0.15, -0.1) is 0 Å². The topological polar surface area (TPSA) is 186 Å². The lowest BCUT2D eigenvalue weighted by atomic mass is 10.1. The zero-order chi connectivity index (χ0) is 18.4. The summed E-state index contributed by atoms with van der Waals surface area (Å²) in [5.74, 6) is 0.521. The maximum absolute atomic E-state index is 11.8. The molecule has 0 unspecified atom stereocenters. The van der Waals surface area contributed by atoms with Crippen LogP contribution in [0.2, 0.25) is 0 Å². The number of aliphatic hydroxyl groups is 1. The molecule has 0 amide bonds. The van der Waals surface area contributed by atoms with Gasteiger partial charge in [-0.3, -0.25) is 18.9 Å². The Labute approximate surface area is 140 Å². The Kier molecular flexibility index (Phi) is 4.49. The monoisotopic (exact) mass is 373 g/mol. The molecule has 1 aliphatic rings. The Morgan fingerprint density at radius 3 is 2.88 bits per heavy atom. The molecular formula is C12H16N5O7P. The van der Waals surface area contributed by atoms with Gasteiger partial charge in [0.1, 0.15) is 18.3 Å². The fourth-order valence-corrected chi connectivity index (χ4v) is 3.03. The van der Waals surface area contributed by atoms with Crippen molar-refractivity contribution in [2.24, 2.45) is 0 Å². The molecule has 0 saturated carbocycles. The van der Waals surface area contributed by atoms with Crippen molar-refractivity contribution < 1.29 is 28.9 Å². The number of aromatic amines is 1. The summed E-state index contributed by atoms with van der Waals surface area (Å²) in [4.78, 5) is 40.0. The predicted octanol–water partition coefficient (Wildman–Crippen LogP) is -1.33. The van der Waals surface area contributed by atoms with Crippen LogP contribution in [-0.4, -0.2) is 59.8 Å². The van der Waals surface area contributed by atoms with Crippen LogP contribution in [0.15, 0.2) is 23.0 Å². The number of methoxy groups -OCH3 is 1. The molecule has 136 valence electrons. The van der Waals surface area contributed by atoms with E-state index < -0.39 is 37.7 Å². The molecule has 1 saturated heterocycles. The minimum atomic E-state index is -4.41. The fraction of sp³-hybridized carbons (Fsp3) is 0.417. The third-order valence-electron chi connectivity index (χ3n) is 3.72. The molecular weight excluding hydrogens is 357 g/mol. The van der Waals surface area contributed by atoms with E-state index in [1.54, 1.807) is 0 Å². The fourth-order valence-electron chi connectivity index (χ4n) is 2.64. The third-order valence-corrected chi connectivity index (χ3v) is 4.28. The van der Waals surface area contributed by atoms with Crippen molar-refractivity contribution in [1.29, 1.82) is 0 Å². The Bertz CT molecular complexity index is 918. The average molecular weight is 373 g/mol. The van der Waals surface area contributed by atoms with E-state index in [0.717, 1.165) is 6.08 Å². The largest absolute Gasteiger partial charge is 0.387 e. The first kappa shape index (κ1) is 17.7. The molecule has 6 N–H and O–H groups in total. The van der Waals surface area contributed by atoms with Crippen LogP contribution in [0.3, 0.4) is 0 Å². The van der Waals surface area contributed by atoms with Crippen LogP contribution in [0.5, 0.6) is 0 Å². The molecule has 2 aromatic heterocycles. The van der Waals surface area contributed by atoms with Crippen molar-refractivity contribution in [2.45, 2.75) is 24.5 Å². The number of rotatable bonds is 4. The van der Waals surface area contributed by atoms with Gasteiger partial charge in [-0.05, 0) is 6.08 Å². The second-order valence-electron chi connectivity index (χ2n) is 5.39. The third kappa shape index (κ3) is 3.35. The molecule has 0 bridgehead atoms. The van der Waals surface area contributed by atoms with E-state index in [1.165, 1.54) is 18.0 Å². The molecule has 13 heteroatoms. The quantitative estimate of drug-likeness (QED) is 0.402. The molecule has 0 aromatic carbocycles. The van der Waals surface area contributed by atoms with Gasteiger partial charge < -0.3 is 30.1 Å². The van der Waals surface area contributed by atoms with Gasteiger partial charge in [-0.2, -0.15) is 4.98 Å². The van der Waals surface area contributed by atoms with E-state index in [9.17, 15) is 14.5 Å². The van der Waals surface area contributed by atoms with Crippen molar-refractivity contribution in [2.75, 3.05) is 12.8 Å². The van der Waals surface area contributed by atoms with Crippen LogP contribution in [0, 0.1) is 0 Å². The first-order valence-corrected chi connectivity index (χ1v) is 8.72. The number of fused-ring (bicyclic) bond motifs is 1. The van der Waals surface area contributed by atoms with E-state index in [0.29, 0.717) is 5.82 Å². The number of ether oxygens (including phenoxy) is 2. The standard InChI is InChI=1S/C12H16N5O7P/c1-23-8-7(18)5(2-3-25(20,21)22)24-11(8)17-4-14-6-9(17)15-12(13)16-10(6)19/h2-5,7-8,11,18H,1H3,(H2,20,21,22)(H3,13,15,16,19)/b3-2+/t5-,7-,8-,11-/m1/s1. The van der Waals surface area contributed by atoms with Gasteiger partial charge in [0.05, 0.1) is 6.33 Å². The highest BCUT2D eigenvalue weighted by Gasteiger charge is 2.44. The smallest absolute Gasteiger partial charge is 0.348 e. The lowest BCUT2D eigenvalue weighted by Gasteiger charge is -2.19. The molecule has 25 heavy (non-hydrogen) atoms. The van der Waals surface area contributed by atoms with Gasteiger partial charge in [0.15, 0.2) is 17.4 Å². The first-order chi connectivity index (χ1) is 11.7. The summed E-state index contributed by atoms with van der Waals surface area (Å²) in [7, 11) is -3.07. The van der Waals surface area contributed by atoms with Gasteiger partial charge in [-0.25, -0.2) is 4.98 Å². The van der Waals surface area contributed by atoms with Gasteiger partial charge in [0.2, 0.25) is 5.95 Å². The van der Waals surface area contributed by atoms with Crippen LogP contribution in [-0.2, 0) is 14.0 Å². The summed E-state index contributed by atoms with van der Waals surface area (Å²) in [5, 5.41) is 10.3. The van der Waals surface area contributed by atoms with E-state index in [2.05, 4.69) is 15.0 Å². The molecule has 3 heterocycles. The van der Waals surface area contributed by atoms with E-state index in [-0.39, 0.29) is 17.1 Å². The maximum Gasteiger partial charge on any atom is 0.348 e. The van der Waals surface area contributed by atoms with Crippen LogP contribution < -0.4 is 11.3 Å². The second kappa shape index (κ2) is 6.33. The van der Waals surface area contributed by atoms with E-state index in [4.69, 9.17) is 25.0 Å². The number of anilines is 1. The van der Waals surface area contributed by atoms with Crippen molar-refractivity contribution in [3.8, 4) is 0 Å². The van der Waals surface area contributed by atoms with E-state index >= 15 is 0 Å². The minimum absolute atomic E-state index is 0.0244. The zero-order valence-electron chi connectivity index (χ0n) is 12.9. The Balaban J connectivity index is 2.01. The lowest BCUT2D eigenvalue weighted by molar-refractivity contribution is -0.0449. The number of nitrogens with two attached hydrogens (primary N) is 1. The number of H-pyrrole nitrogens is 1. The number of hydrogen-bond donors (Lipinski definition) is 5.